The van der Waals surface area contributed by atoms with Crippen molar-refractivity contribution in [1.29, 1.82) is 0 Å². The summed E-state index contributed by atoms with van der Waals surface area (Å²) < 4.78 is 3.15. The zero-order valence-corrected chi connectivity index (χ0v) is 17.7. The molecule has 7 heteroatoms. The first kappa shape index (κ1) is 18.7. The highest BCUT2D eigenvalue weighted by molar-refractivity contribution is 9.10. The van der Waals surface area contributed by atoms with Gasteiger partial charge in [0.15, 0.2) is 5.17 Å². The van der Waals surface area contributed by atoms with Gasteiger partial charge in [0.1, 0.15) is 0 Å². The largest absolute Gasteiger partial charge is 0.318 e. The van der Waals surface area contributed by atoms with Crippen molar-refractivity contribution >= 4 is 50.5 Å². The highest BCUT2D eigenvalue weighted by atomic mass is 79.9. The van der Waals surface area contributed by atoms with E-state index in [4.69, 9.17) is 0 Å². The fourth-order valence-electron chi connectivity index (χ4n) is 3.08. The van der Waals surface area contributed by atoms with E-state index in [9.17, 15) is 4.79 Å². The van der Waals surface area contributed by atoms with E-state index in [-0.39, 0.29) is 5.91 Å². The first-order valence-electron chi connectivity index (χ1n) is 8.66. The summed E-state index contributed by atoms with van der Waals surface area (Å²) in [6.07, 6.45) is 5.47. The number of amides is 1. The molecular formula is C21H17BrN4OS. The Labute approximate surface area is 175 Å². The molecule has 0 radical (unpaired) electrons. The van der Waals surface area contributed by atoms with Crippen molar-refractivity contribution in [2.24, 2.45) is 4.99 Å². The lowest BCUT2D eigenvalue weighted by molar-refractivity contribution is -0.115. The maximum absolute atomic E-state index is 12.4. The van der Waals surface area contributed by atoms with E-state index in [1.165, 1.54) is 11.8 Å². The molecule has 4 rings (SSSR count). The summed E-state index contributed by atoms with van der Waals surface area (Å²) in [5.74, 6) is -0.130. The van der Waals surface area contributed by atoms with Crippen LogP contribution in [0, 0.1) is 13.8 Å². The number of benzene rings is 1. The van der Waals surface area contributed by atoms with E-state index in [0.717, 1.165) is 32.8 Å². The van der Waals surface area contributed by atoms with E-state index >= 15 is 0 Å². The summed E-state index contributed by atoms with van der Waals surface area (Å²) in [5, 5.41) is 3.42. The number of thioether (sulfide) groups is 1. The minimum absolute atomic E-state index is 0.130. The predicted molar refractivity (Wildman–Crippen MR) is 118 cm³/mol. The standard InChI is InChI=1S/C21H17BrN4OS/c1-13-11-15(14(2)26(13)18-7-9-23-10-8-18)12-19-20(27)25-21(28-19)24-17-5-3-16(22)4-6-17/h3-12H,1-2H3,(H,24,25,27). The molecule has 0 aliphatic carbocycles. The fraction of sp³-hybridized carbons (Fsp3) is 0.0952. The molecule has 140 valence electrons. The second-order valence-corrected chi connectivity index (χ2v) is 8.27. The minimum Gasteiger partial charge on any atom is -0.318 e. The van der Waals surface area contributed by atoms with Gasteiger partial charge in [-0.2, -0.15) is 0 Å². The van der Waals surface area contributed by atoms with E-state index < -0.39 is 0 Å². The van der Waals surface area contributed by atoms with E-state index in [1.54, 1.807) is 12.4 Å². The molecule has 2 aromatic heterocycles. The summed E-state index contributed by atoms with van der Waals surface area (Å²) in [4.78, 5) is 21.6. The SMILES string of the molecule is Cc1cc(C=C2SC(=Nc3ccc(Br)cc3)NC2=O)c(C)n1-c1ccncc1. The lowest BCUT2D eigenvalue weighted by atomic mass is 10.2. The number of nitrogens with zero attached hydrogens (tertiary/aromatic N) is 3. The Morgan fingerprint density at radius 3 is 2.57 bits per heavy atom. The third-order valence-electron chi connectivity index (χ3n) is 4.39. The topological polar surface area (TPSA) is 59.3 Å². The number of amidine groups is 1. The Balaban J connectivity index is 1.63. The second-order valence-electron chi connectivity index (χ2n) is 6.33. The lowest BCUT2D eigenvalue weighted by Gasteiger charge is -2.08. The predicted octanol–water partition coefficient (Wildman–Crippen LogP) is 5.14. The quantitative estimate of drug-likeness (QED) is 0.559. The smallest absolute Gasteiger partial charge is 0.264 e. The van der Waals surface area contributed by atoms with Crippen LogP contribution in [0.25, 0.3) is 11.8 Å². The molecule has 1 N–H and O–H groups in total. The average Bonchev–Trinajstić information content (AvgIpc) is 3.16. The number of halogens is 1. The van der Waals surface area contributed by atoms with Gasteiger partial charge in [0, 0.05) is 33.9 Å². The zero-order valence-electron chi connectivity index (χ0n) is 15.3. The molecule has 0 saturated carbocycles. The van der Waals surface area contributed by atoms with Crippen LogP contribution in [0.4, 0.5) is 5.69 Å². The van der Waals surface area contributed by atoms with Crippen molar-refractivity contribution in [3.05, 3.63) is 81.2 Å². The number of rotatable bonds is 3. The summed E-state index contributed by atoms with van der Waals surface area (Å²) >= 11 is 4.76. The van der Waals surface area contributed by atoms with Crippen molar-refractivity contribution in [3.8, 4) is 5.69 Å². The van der Waals surface area contributed by atoms with E-state index in [0.29, 0.717) is 10.1 Å². The van der Waals surface area contributed by atoms with Gasteiger partial charge in [-0.15, -0.1) is 0 Å². The van der Waals surface area contributed by atoms with Crippen molar-refractivity contribution < 1.29 is 4.79 Å². The molecule has 1 aliphatic rings. The third kappa shape index (κ3) is 3.81. The van der Waals surface area contributed by atoms with Crippen LogP contribution < -0.4 is 5.32 Å². The van der Waals surface area contributed by atoms with Crippen LogP contribution in [0.15, 0.2) is 69.2 Å². The third-order valence-corrected chi connectivity index (χ3v) is 5.82. The first-order chi connectivity index (χ1) is 13.5. The van der Waals surface area contributed by atoms with Gasteiger partial charge in [-0.3, -0.25) is 9.78 Å². The Morgan fingerprint density at radius 1 is 1.14 bits per heavy atom. The van der Waals surface area contributed by atoms with Crippen molar-refractivity contribution in [2.75, 3.05) is 0 Å². The number of aliphatic imine (C=N–C) groups is 1. The molecule has 0 spiro atoms. The van der Waals surface area contributed by atoms with Crippen LogP contribution in [-0.2, 0) is 4.79 Å². The molecule has 1 fully saturated rings. The van der Waals surface area contributed by atoms with Gasteiger partial charge in [-0.25, -0.2) is 4.99 Å². The van der Waals surface area contributed by atoms with Gasteiger partial charge >= 0.3 is 0 Å². The molecule has 0 unspecified atom stereocenters. The summed E-state index contributed by atoms with van der Waals surface area (Å²) in [7, 11) is 0. The van der Waals surface area contributed by atoms with Gasteiger partial charge in [-0.1, -0.05) is 15.9 Å². The Kier molecular flexibility index (Phi) is 5.19. The number of aromatic nitrogens is 2. The molecule has 1 saturated heterocycles. The molecule has 1 aromatic carbocycles. The molecule has 5 nitrogen and oxygen atoms in total. The van der Waals surface area contributed by atoms with Crippen LogP contribution in [-0.4, -0.2) is 20.6 Å². The minimum atomic E-state index is -0.130. The van der Waals surface area contributed by atoms with E-state index in [2.05, 4.69) is 48.8 Å². The van der Waals surface area contributed by atoms with Crippen molar-refractivity contribution in [3.63, 3.8) is 0 Å². The van der Waals surface area contributed by atoms with Crippen LogP contribution in [0.2, 0.25) is 0 Å². The number of nitrogens with one attached hydrogen (secondary N) is 1. The summed E-state index contributed by atoms with van der Waals surface area (Å²) in [5.41, 5.74) is 5.03. The number of carbonyl (C=O) groups excluding carboxylic acids is 1. The highest BCUT2D eigenvalue weighted by Gasteiger charge is 2.24. The number of carbonyl (C=O) groups is 1. The summed E-state index contributed by atoms with van der Waals surface area (Å²) in [6.45, 7) is 4.10. The molecule has 0 bridgehead atoms. The van der Waals surface area contributed by atoms with Crippen LogP contribution in [0.5, 0.6) is 0 Å². The van der Waals surface area contributed by atoms with Gasteiger partial charge in [-0.05, 0) is 79.7 Å². The molecule has 0 atom stereocenters. The normalized spacial score (nSPS) is 16.8. The molecule has 1 aliphatic heterocycles. The van der Waals surface area contributed by atoms with Gasteiger partial charge in [0.2, 0.25) is 0 Å². The molecule has 3 aromatic rings. The molecule has 3 heterocycles. The van der Waals surface area contributed by atoms with Gasteiger partial charge in [0.25, 0.3) is 5.91 Å². The Hall–Kier alpha value is -2.64. The number of hydrogen-bond donors (Lipinski definition) is 1. The highest BCUT2D eigenvalue weighted by Crippen LogP contribution is 2.30. The summed E-state index contributed by atoms with van der Waals surface area (Å²) in [6, 6.07) is 13.7. The lowest BCUT2D eigenvalue weighted by Crippen LogP contribution is -2.19. The van der Waals surface area contributed by atoms with E-state index in [1.807, 2.05) is 49.4 Å². The van der Waals surface area contributed by atoms with Crippen LogP contribution >= 0.6 is 27.7 Å². The monoisotopic (exact) mass is 452 g/mol. The second kappa shape index (κ2) is 7.77. The Bertz CT molecular complexity index is 1100. The van der Waals surface area contributed by atoms with Crippen molar-refractivity contribution in [1.82, 2.24) is 14.9 Å². The van der Waals surface area contributed by atoms with Crippen LogP contribution in [0.1, 0.15) is 17.0 Å². The maximum atomic E-state index is 12.4. The Morgan fingerprint density at radius 2 is 1.86 bits per heavy atom. The molecule has 28 heavy (non-hydrogen) atoms. The fourth-order valence-corrected chi connectivity index (χ4v) is 4.18. The number of pyridine rings is 1. The average molecular weight is 453 g/mol. The number of hydrogen-bond acceptors (Lipinski definition) is 4. The van der Waals surface area contributed by atoms with Gasteiger partial charge in [0.05, 0.1) is 10.6 Å². The van der Waals surface area contributed by atoms with Crippen molar-refractivity contribution in [2.45, 2.75) is 13.8 Å². The first-order valence-corrected chi connectivity index (χ1v) is 10.3. The van der Waals surface area contributed by atoms with Crippen LogP contribution in [0.3, 0.4) is 0 Å². The maximum Gasteiger partial charge on any atom is 0.264 e. The van der Waals surface area contributed by atoms with Gasteiger partial charge < -0.3 is 9.88 Å². The molecule has 1 amide bonds. The molecular weight excluding hydrogens is 436 g/mol. The number of aryl methyl sites for hydroxylation is 1. The zero-order chi connectivity index (χ0) is 19.7.